The van der Waals surface area contributed by atoms with E-state index in [1.807, 2.05) is 0 Å². The highest BCUT2D eigenvalue weighted by Crippen LogP contribution is 2.27. The largest absolute Gasteiger partial charge is 0.224 e. The van der Waals surface area contributed by atoms with Gasteiger partial charge < -0.3 is 0 Å². The molecule has 0 aromatic heterocycles. The van der Waals surface area contributed by atoms with Gasteiger partial charge in [0, 0.05) is 5.19 Å². The van der Waals surface area contributed by atoms with Crippen LogP contribution in [0.3, 0.4) is 0 Å². The summed E-state index contributed by atoms with van der Waals surface area (Å²) in [7, 11) is -3.73. The van der Waals surface area contributed by atoms with E-state index in [2.05, 4.69) is 0 Å². The molecule has 9 heteroatoms. The van der Waals surface area contributed by atoms with Crippen molar-refractivity contribution in [2.45, 2.75) is 11.0 Å². The predicted molar refractivity (Wildman–Crippen MR) is 58.8 cm³/mol. The minimum absolute atomic E-state index is 1.08. The second-order valence-electron chi connectivity index (χ2n) is 3.32. The van der Waals surface area contributed by atoms with Crippen molar-refractivity contribution in [2.75, 3.05) is 0 Å². The normalized spacial score (nSPS) is 15.2. The van der Waals surface area contributed by atoms with Crippen LogP contribution >= 0.6 is 34.3 Å². The highest BCUT2D eigenvalue weighted by atomic mass is 35.6. The average Bonchev–Trinajstić information content (AvgIpc) is 2.23. The molecule has 0 radical (unpaired) electrons. The molecule has 0 heterocycles. The molecule has 96 valence electrons. The summed E-state index contributed by atoms with van der Waals surface area (Å²) in [6.45, 7) is 1.08. The first kappa shape index (κ1) is 15.0. The van der Waals surface area contributed by atoms with Gasteiger partial charge >= 0.3 is 0 Å². The zero-order valence-corrected chi connectivity index (χ0v) is 11.4. The van der Waals surface area contributed by atoms with E-state index in [0.717, 1.165) is 6.55 Å². The lowest BCUT2D eigenvalue weighted by Crippen LogP contribution is -2.50. The SMILES string of the molecule is C[Si](Cl)(c1c(F)c(F)c(F)c(F)c1F)C(Cl)Cl. The van der Waals surface area contributed by atoms with E-state index in [1.165, 1.54) is 0 Å². The molecule has 0 saturated carbocycles. The highest BCUT2D eigenvalue weighted by molar-refractivity contribution is 7.31. The molecule has 0 aliphatic rings. The molecule has 1 aromatic carbocycles. The van der Waals surface area contributed by atoms with Crippen molar-refractivity contribution in [3.8, 4) is 0 Å². The summed E-state index contributed by atoms with van der Waals surface area (Å²) in [6.07, 6.45) is 0. The number of hydrogen-bond donors (Lipinski definition) is 0. The maximum atomic E-state index is 13.4. The van der Waals surface area contributed by atoms with E-state index in [9.17, 15) is 22.0 Å². The van der Waals surface area contributed by atoms with E-state index >= 15 is 0 Å². The van der Waals surface area contributed by atoms with Crippen LogP contribution in [-0.4, -0.2) is 11.8 Å². The first-order valence-corrected chi connectivity index (χ1v) is 8.57. The van der Waals surface area contributed by atoms with Gasteiger partial charge in [0.2, 0.25) is 13.2 Å². The number of rotatable bonds is 2. The third-order valence-corrected chi connectivity index (χ3v) is 8.86. The molecule has 1 aromatic rings. The Labute approximate surface area is 109 Å². The zero-order chi connectivity index (χ0) is 13.5. The number of halogens is 8. The van der Waals surface area contributed by atoms with Crippen LogP contribution < -0.4 is 5.19 Å². The maximum Gasteiger partial charge on any atom is 0.224 e. The van der Waals surface area contributed by atoms with Crippen molar-refractivity contribution in [2.24, 2.45) is 0 Å². The number of alkyl halides is 2. The Bertz CT molecular complexity index is 434. The van der Waals surface area contributed by atoms with Crippen LogP contribution in [-0.2, 0) is 0 Å². The molecule has 0 bridgehead atoms. The van der Waals surface area contributed by atoms with Crippen molar-refractivity contribution in [3.05, 3.63) is 29.1 Å². The first-order chi connectivity index (χ1) is 7.62. The molecule has 1 rings (SSSR count). The van der Waals surface area contributed by atoms with Gasteiger partial charge in [0.25, 0.3) is 0 Å². The summed E-state index contributed by atoms with van der Waals surface area (Å²) in [5.74, 6) is -10.3. The predicted octanol–water partition coefficient (Wildman–Crippen LogP) is 3.75. The minimum atomic E-state index is -3.73. The van der Waals surface area contributed by atoms with Gasteiger partial charge in [-0.2, -0.15) is 11.1 Å². The second-order valence-corrected chi connectivity index (χ2v) is 10.7. The maximum absolute atomic E-state index is 13.4. The topological polar surface area (TPSA) is 0 Å². The van der Waals surface area contributed by atoms with Crippen molar-refractivity contribution in [1.29, 1.82) is 0 Å². The van der Waals surface area contributed by atoms with Crippen LogP contribution in [0, 0.1) is 29.1 Å². The molecule has 0 aliphatic heterocycles. The third-order valence-electron chi connectivity index (χ3n) is 2.11. The Morgan fingerprint density at radius 3 is 1.41 bits per heavy atom. The molecule has 0 aliphatic carbocycles. The van der Waals surface area contributed by atoms with Crippen molar-refractivity contribution >= 4 is 46.9 Å². The Hall–Kier alpha value is -0.0431. The smallest absolute Gasteiger partial charge is 0.204 e. The lowest BCUT2D eigenvalue weighted by atomic mass is 10.3. The molecule has 0 fully saturated rings. The van der Waals surface area contributed by atoms with Gasteiger partial charge in [-0.3, -0.25) is 0 Å². The summed E-state index contributed by atoms with van der Waals surface area (Å²) >= 11 is 16.6. The second kappa shape index (κ2) is 4.91. The summed E-state index contributed by atoms with van der Waals surface area (Å²) in [4.78, 5) is 0. The number of benzene rings is 1. The fraction of sp³-hybridized carbons (Fsp3) is 0.250. The third kappa shape index (κ3) is 2.40. The monoisotopic (exact) mass is 328 g/mol. The van der Waals surface area contributed by atoms with Gasteiger partial charge in [0.15, 0.2) is 23.3 Å². The standard InChI is InChI=1S/C8H4Cl3F5Si/c1-17(11,8(9)10)7-5(15)3(13)2(12)4(14)6(7)16/h8H,1H3. The number of hydrogen-bond acceptors (Lipinski definition) is 0. The van der Waals surface area contributed by atoms with Gasteiger partial charge in [-0.05, 0) is 6.55 Å². The minimum Gasteiger partial charge on any atom is -0.204 e. The van der Waals surface area contributed by atoms with Crippen LogP contribution in [0.25, 0.3) is 0 Å². The van der Waals surface area contributed by atoms with Gasteiger partial charge in [0.1, 0.15) is 4.46 Å². The van der Waals surface area contributed by atoms with Crippen molar-refractivity contribution in [3.63, 3.8) is 0 Å². The lowest BCUT2D eigenvalue weighted by molar-refractivity contribution is 0.384. The zero-order valence-electron chi connectivity index (χ0n) is 8.10. The molecule has 1 atom stereocenters. The summed E-state index contributed by atoms with van der Waals surface area (Å²) in [6, 6.07) is 0. The van der Waals surface area contributed by atoms with E-state index in [4.69, 9.17) is 34.3 Å². The van der Waals surface area contributed by atoms with E-state index in [1.54, 1.807) is 0 Å². The Morgan fingerprint density at radius 2 is 1.12 bits per heavy atom. The fourth-order valence-electron chi connectivity index (χ4n) is 1.14. The average molecular weight is 330 g/mol. The van der Waals surface area contributed by atoms with Crippen LogP contribution in [0.1, 0.15) is 0 Å². The van der Waals surface area contributed by atoms with Gasteiger partial charge in [-0.15, -0.1) is 23.2 Å². The Balaban J connectivity index is 3.66. The van der Waals surface area contributed by atoms with Crippen LogP contribution in [0.5, 0.6) is 0 Å². The molecule has 0 N–H and O–H groups in total. The first-order valence-electron chi connectivity index (χ1n) is 4.11. The summed E-state index contributed by atoms with van der Waals surface area (Å²) < 4.78 is 63.9. The van der Waals surface area contributed by atoms with Crippen molar-refractivity contribution in [1.82, 2.24) is 0 Å². The van der Waals surface area contributed by atoms with E-state index in [0.29, 0.717) is 0 Å². The van der Waals surface area contributed by atoms with Crippen LogP contribution in [0.2, 0.25) is 6.55 Å². The van der Waals surface area contributed by atoms with Gasteiger partial charge in [-0.1, -0.05) is 0 Å². The molecule has 0 spiro atoms. The Morgan fingerprint density at radius 1 is 0.824 bits per heavy atom. The molecule has 0 nitrogen and oxygen atoms in total. The molecule has 17 heavy (non-hydrogen) atoms. The molecule has 0 amide bonds. The van der Waals surface area contributed by atoms with E-state index < -0.39 is 46.1 Å². The van der Waals surface area contributed by atoms with E-state index in [-0.39, 0.29) is 0 Å². The summed E-state index contributed by atoms with van der Waals surface area (Å²) in [5, 5.41) is -1.12. The Kier molecular flexibility index (Phi) is 4.34. The van der Waals surface area contributed by atoms with Gasteiger partial charge in [-0.25, -0.2) is 22.0 Å². The lowest BCUT2D eigenvalue weighted by Gasteiger charge is -2.22. The van der Waals surface area contributed by atoms with Gasteiger partial charge in [0.05, 0.1) is 0 Å². The molecular formula is C8H4Cl3F5Si. The van der Waals surface area contributed by atoms with Crippen LogP contribution in [0.4, 0.5) is 22.0 Å². The van der Waals surface area contributed by atoms with Crippen molar-refractivity contribution < 1.29 is 22.0 Å². The highest BCUT2D eigenvalue weighted by Gasteiger charge is 2.43. The molecular weight excluding hydrogens is 326 g/mol. The molecule has 1 unspecified atom stereocenters. The summed E-state index contributed by atoms with van der Waals surface area (Å²) in [5.41, 5.74) is 0. The quantitative estimate of drug-likeness (QED) is 0.194. The van der Waals surface area contributed by atoms with Crippen LogP contribution in [0.15, 0.2) is 0 Å². The fourth-order valence-corrected chi connectivity index (χ4v) is 3.59. The molecule has 0 saturated heterocycles.